The minimum absolute atomic E-state index is 0. The summed E-state index contributed by atoms with van der Waals surface area (Å²) in [5.41, 5.74) is 2.48. The molecular weight excluding hydrogens is 413 g/mol. The van der Waals surface area contributed by atoms with Crippen molar-refractivity contribution in [3.8, 4) is 0 Å². The normalized spacial score (nSPS) is 18.2. The maximum Gasteiger partial charge on any atom is 0.191 e. The minimum atomic E-state index is 0. The molecule has 0 bridgehead atoms. The Balaban J connectivity index is 0.00000288. The summed E-state index contributed by atoms with van der Waals surface area (Å²) >= 11 is 0. The van der Waals surface area contributed by atoms with Crippen molar-refractivity contribution in [2.24, 2.45) is 4.99 Å². The number of hydrogen-bond acceptors (Lipinski definition) is 3. The number of rotatable bonds is 6. The van der Waals surface area contributed by atoms with Crippen molar-refractivity contribution in [3.05, 3.63) is 29.8 Å². The van der Waals surface area contributed by atoms with Crippen molar-refractivity contribution < 1.29 is 0 Å². The van der Waals surface area contributed by atoms with E-state index in [1.54, 1.807) is 0 Å². The third-order valence-electron chi connectivity index (χ3n) is 4.55. The van der Waals surface area contributed by atoms with Gasteiger partial charge in [0.05, 0.1) is 0 Å². The predicted octanol–water partition coefficient (Wildman–Crippen LogP) is 2.52. The summed E-state index contributed by atoms with van der Waals surface area (Å²) in [4.78, 5) is 8.98. The molecule has 0 aromatic heterocycles. The van der Waals surface area contributed by atoms with Crippen LogP contribution < -0.4 is 15.5 Å². The summed E-state index contributed by atoms with van der Waals surface area (Å²) in [5, 5.41) is 6.86. The van der Waals surface area contributed by atoms with Crippen LogP contribution in [0, 0.1) is 0 Å². The van der Waals surface area contributed by atoms with Gasteiger partial charge < -0.3 is 15.5 Å². The SMILES string of the molecule is CCN1CCCC1CNC(=NC)NCc1ccc(N(C)C)cc1.I. The quantitative estimate of drug-likeness (QED) is 0.401. The van der Waals surface area contributed by atoms with Gasteiger partial charge in [0.15, 0.2) is 5.96 Å². The molecular formula is C18H32IN5. The highest BCUT2D eigenvalue weighted by molar-refractivity contribution is 14.0. The number of likely N-dealkylation sites (tertiary alicyclic amines) is 1. The summed E-state index contributed by atoms with van der Waals surface area (Å²) in [7, 11) is 5.94. The first kappa shape index (κ1) is 21.0. The van der Waals surface area contributed by atoms with Crippen LogP contribution in [0.1, 0.15) is 25.3 Å². The van der Waals surface area contributed by atoms with Crippen molar-refractivity contribution in [3.63, 3.8) is 0 Å². The van der Waals surface area contributed by atoms with E-state index < -0.39 is 0 Å². The van der Waals surface area contributed by atoms with Crippen LogP contribution in [-0.2, 0) is 6.54 Å². The van der Waals surface area contributed by atoms with Gasteiger partial charge in [0.25, 0.3) is 0 Å². The van der Waals surface area contributed by atoms with Crippen molar-refractivity contribution in [2.75, 3.05) is 45.7 Å². The number of hydrogen-bond donors (Lipinski definition) is 2. The second kappa shape index (κ2) is 10.8. The molecule has 5 nitrogen and oxygen atoms in total. The predicted molar refractivity (Wildman–Crippen MR) is 115 cm³/mol. The highest BCUT2D eigenvalue weighted by Gasteiger charge is 2.22. The van der Waals surface area contributed by atoms with Crippen LogP contribution in [0.15, 0.2) is 29.3 Å². The molecule has 1 atom stereocenters. The zero-order valence-corrected chi connectivity index (χ0v) is 17.7. The van der Waals surface area contributed by atoms with Crippen molar-refractivity contribution >= 4 is 35.6 Å². The Morgan fingerprint density at radius 1 is 1.25 bits per heavy atom. The van der Waals surface area contributed by atoms with Gasteiger partial charge in [-0.3, -0.25) is 9.89 Å². The molecule has 2 N–H and O–H groups in total. The maximum atomic E-state index is 4.33. The van der Waals surface area contributed by atoms with Gasteiger partial charge in [-0.25, -0.2) is 0 Å². The number of anilines is 1. The zero-order valence-electron chi connectivity index (χ0n) is 15.4. The third kappa shape index (κ3) is 6.12. The Morgan fingerprint density at radius 3 is 2.54 bits per heavy atom. The van der Waals surface area contributed by atoms with Gasteiger partial charge in [-0.1, -0.05) is 19.1 Å². The molecule has 0 saturated carbocycles. The Morgan fingerprint density at radius 2 is 1.96 bits per heavy atom. The molecule has 24 heavy (non-hydrogen) atoms. The van der Waals surface area contributed by atoms with Gasteiger partial charge >= 0.3 is 0 Å². The zero-order chi connectivity index (χ0) is 16.7. The average Bonchev–Trinajstić information content (AvgIpc) is 3.03. The second-order valence-corrected chi connectivity index (χ2v) is 6.29. The fourth-order valence-corrected chi connectivity index (χ4v) is 3.08. The molecule has 1 aromatic rings. The number of halogens is 1. The van der Waals surface area contributed by atoms with E-state index in [2.05, 4.69) is 70.7 Å². The standard InChI is InChI=1S/C18H31N5.HI/c1-5-23-12-6-7-17(23)14-21-18(19-2)20-13-15-8-10-16(11-9-15)22(3)4;/h8-11,17H,5-7,12-14H2,1-4H3,(H2,19,20,21);1H. The summed E-state index contributed by atoms with van der Waals surface area (Å²) in [6, 6.07) is 9.24. The number of guanidine groups is 1. The van der Waals surface area contributed by atoms with Crippen LogP contribution in [0.4, 0.5) is 5.69 Å². The Kier molecular flexibility index (Phi) is 9.43. The topological polar surface area (TPSA) is 42.9 Å². The summed E-state index contributed by atoms with van der Waals surface area (Å²) in [6.07, 6.45) is 2.59. The van der Waals surface area contributed by atoms with Gasteiger partial charge in [-0.05, 0) is 43.6 Å². The smallest absolute Gasteiger partial charge is 0.191 e. The van der Waals surface area contributed by atoms with Gasteiger partial charge in [0.2, 0.25) is 0 Å². The summed E-state index contributed by atoms with van der Waals surface area (Å²) in [6.45, 7) is 6.36. The Labute approximate surface area is 163 Å². The van der Waals surface area contributed by atoms with E-state index in [9.17, 15) is 0 Å². The molecule has 1 fully saturated rings. The van der Waals surface area contributed by atoms with Gasteiger partial charge in [-0.15, -0.1) is 24.0 Å². The van der Waals surface area contributed by atoms with Crippen molar-refractivity contribution in [1.29, 1.82) is 0 Å². The summed E-state index contributed by atoms with van der Waals surface area (Å²) < 4.78 is 0. The lowest BCUT2D eigenvalue weighted by Gasteiger charge is -2.24. The molecule has 0 amide bonds. The first-order valence-electron chi connectivity index (χ1n) is 8.59. The molecule has 136 valence electrons. The molecule has 2 rings (SSSR count). The van der Waals surface area contributed by atoms with E-state index in [1.807, 2.05) is 7.05 Å². The van der Waals surface area contributed by atoms with Crippen LogP contribution in [0.25, 0.3) is 0 Å². The Hall–Kier alpha value is -1.02. The summed E-state index contributed by atoms with van der Waals surface area (Å²) in [5.74, 6) is 0.879. The van der Waals surface area contributed by atoms with Crippen molar-refractivity contribution in [2.45, 2.75) is 32.4 Å². The van der Waals surface area contributed by atoms with E-state index in [4.69, 9.17) is 0 Å². The number of nitrogens with zero attached hydrogens (tertiary/aromatic N) is 3. The van der Waals surface area contributed by atoms with Gasteiger partial charge in [-0.2, -0.15) is 0 Å². The number of nitrogens with one attached hydrogen (secondary N) is 2. The fourth-order valence-electron chi connectivity index (χ4n) is 3.08. The van der Waals surface area contributed by atoms with E-state index in [0.717, 1.165) is 25.6 Å². The molecule has 0 radical (unpaired) electrons. The fraction of sp³-hybridized carbons (Fsp3) is 0.611. The highest BCUT2D eigenvalue weighted by atomic mass is 127. The third-order valence-corrected chi connectivity index (χ3v) is 4.55. The molecule has 1 saturated heterocycles. The molecule has 1 unspecified atom stereocenters. The number of likely N-dealkylation sites (N-methyl/N-ethyl adjacent to an activating group) is 1. The number of benzene rings is 1. The monoisotopic (exact) mass is 445 g/mol. The molecule has 1 aromatic carbocycles. The van der Waals surface area contributed by atoms with Crippen LogP contribution >= 0.6 is 24.0 Å². The molecule has 1 aliphatic heterocycles. The van der Waals surface area contributed by atoms with E-state index in [-0.39, 0.29) is 24.0 Å². The lowest BCUT2D eigenvalue weighted by molar-refractivity contribution is 0.267. The molecule has 6 heteroatoms. The largest absolute Gasteiger partial charge is 0.378 e. The average molecular weight is 445 g/mol. The lowest BCUT2D eigenvalue weighted by atomic mass is 10.2. The highest BCUT2D eigenvalue weighted by Crippen LogP contribution is 2.15. The van der Waals surface area contributed by atoms with E-state index >= 15 is 0 Å². The maximum absolute atomic E-state index is 4.33. The van der Waals surface area contributed by atoms with Crippen LogP contribution in [0.5, 0.6) is 0 Å². The first-order valence-corrected chi connectivity index (χ1v) is 8.59. The molecule has 1 heterocycles. The van der Waals surface area contributed by atoms with Crippen LogP contribution in [0.3, 0.4) is 0 Å². The lowest BCUT2D eigenvalue weighted by Crippen LogP contribution is -2.44. The molecule has 0 aliphatic carbocycles. The molecule has 0 spiro atoms. The van der Waals surface area contributed by atoms with Crippen molar-refractivity contribution in [1.82, 2.24) is 15.5 Å². The number of aliphatic imine (C=N–C) groups is 1. The van der Waals surface area contributed by atoms with Gasteiger partial charge in [0, 0.05) is 46.0 Å². The van der Waals surface area contributed by atoms with Crippen LogP contribution in [-0.4, -0.2) is 57.7 Å². The Bertz CT molecular complexity index is 501. The molecule has 1 aliphatic rings. The van der Waals surface area contributed by atoms with E-state index in [1.165, 1.54) is 30.6 Å². The minimum Gasteiger partial charge on any atom is -0.378 e. The first-order chi connectivity index (χ1) is 11.1. The van der Waals surface area contributed by atoms with Crippen LogP contribution in [0.2, 0.25) is 0 Å². The van der Waals surface area contributed by atoms with Gasteiger partial charge in [0.1, 0.15) is 0 Å². The second-order valence-electron chi connectivity index (χ2n) is 6.29. The van der Waals surface area contributed by atoms with E-state index in [0.29, 0.717) is 6.04 Å².